The van der Waals surface area contributed by atoms with Gasteiger partial charge in [0.1, 0.15) is 10.5 Å². The minimum Gasteiger partial charge on any atom is -0.258 e. The van der Waals surface area contributed by atoms with Gasteiger partial charge in [0.25, 0.3) is 5.69 Å². The van der Waals surface area contributed by atoms with Crippen molar-refractivity contribution in [1.29, 1.82) is 0 Å². The van der Waals surface area contributed by atoms with Crippen LogP contribution in [0.3, 0.4) is 0 Å². The largest absolute Gasteiger partial charge is 0.365 e. The van der Waals surface area contributed by atoms with E-state index in [1.54, 1.807) is 0 Å². The first-order valence-electron chi connectivity index (χ1n) is 5.02. The van der Waals surface area contributed by atoms with E-state index in [0.29, 0.717) is 0 Å². The lowest BCUT2D eigenvalue weighted by atomic mass is 10.2. The van der Waals surface area contributed by atoms with Gasteiger partial charge in [-0.25, -0.2) is 18.7 Å². The third kappa shape index (κ3) is 2.24. The molecule has 0 bridgehead atoms. The second-order valence-electron chi connectivity index (χ2n) is 3.69. The highest BCUT2D eigenvalue weighted by atomic mass is 35.5. The van der Waals surface area contributed by atoms with Crippen molar-refractivity contribution < 1.29 is 22.5 Å². The number of rotatable bonds is 3. The SMILES string of the molecule is O=[N+]([O-])c1cccc2nc(C(F)(F)C(F)F)nc(Cl)c12. The van der Waals surface area contributed by atoms with E-state index in [1.807, 2.05) is 0 Å². The average molecular weight is 310 g/mol. The smallest absolute Gasteiger partial charge is 0.258 e. The number of hydrogen-bond acceptors (Lipinski definition) is 4. The normalized spacial score (nSPS) is 12.1. The maximum atomic E-state index is 13.2. The van der Waals surface area contributed by atoms with Crippen LogP contribution in [0.5, 0.6) is 0 Å². The Morgan fingerprint density at radius 3 is 2.50 bits per heavy atom. The number of aromatic nitrogens is 2. The predicted octanol–water partition coefficient (Wildman–Crippen LogP) is 3.55. The van der Waals surface area contributed by atoms with E-state index in [-0.39, 0.29) is 10.9 Å². The summed E-state index contributed by atoms with van der Waals surface area (Å²) >= 11 is 5.59. The molecule has 0 N–H and O–H groups in total. The number of alkyl halides is 4. The first-order valence-corrected chi connectivity index (χ1v) is 5.40. The number of non-ortho nitro benzene ring substituents is 1. The Labute approximate surface area is 113 Å². The minimum absolute atomic E-state index is 0.284. The molecule has 0 unspecified atom stereocenters. The summed E-state index contributed by atoms with van der Waals surface area (Å²) in [6.45, 7) is 0. The third-order valence-electron chi connectivity index (χ3n) is 2.43. The second-order valence-corrected chi connectivity index (χ2v) is 4.05. The minimum atomic E-state index is -4.59. The molecule has 0 saturated heterocycles. The molecule has 0 aliphatic heterocycles. The molecule has 0 atom stereocenters. The molecule has 10 heteroatoms. The summed E-state index contributed by atoms with van der Waals surface area (Å²) < 4.78 is 50.9. The Hall–Kier alpha value is -2.03. The van der Waals surface area contributed by atoms with Gasteiger partial charge in [0.2, 0.25) is 5.82 Å². The molecular weight excluding hydrogens is 306 g/mol. The number of nitro groups is 1. The maximum Gasteiger partial charge on any atom is 0.365 e. The monoisotopic (exact) mass is 309 g/mol. The van der Waals surface area contributed by atoms with Gasteiger partial charge in [-0.05, 0) is 6.07 Å². The summed E-state index contributed by atoms with van der Waals surface area (Å²) in [4.78, 5) is 16.3. The van der Waals surface area contributed by atoms with Crippen molar-refractivity contribution in [2.24, 2.45) is 0 Å². The zero-order chi connectivity index (χ0) is 15.1. The van der Waals surface area contributed by atoms with Crippen LogP contribution < -0.4 is 0 Å². The molecule has 1 aromatic carbocycles. The summed E-state index contributed by atoms with van der Waals surface area (Å²) in [5, 5.41) is 9.81. The van der Waals surface area contributed by atoms with Gasteiger partial charge in [-0.1, -0.05) is 17.7 Å². The van der Waals surface area contributed by atoms with Crippen LogP contribution in [-0.4, -0.2) is 21.3 Å². The van der Waals surface area contributed by atoms with Crippen molar-refractivity contribution >= 4 is 28.2 Å². The fourth-order valence-corrected chi connectivity index (χ4v) is 1.79. The average Bonchev–Trinajstić information content (AvgIpc) is 2.37. The molecule has 2 aromatic rings. The van der Waals surface area contributed by atoms with Crippen molar-refractivity contribution in [2.45, 2.75) is 12.3 Å². The first kappa shape index (κ1) is 14.4. The Kier molecular flexibility index (Phi) is 3.46. The topological polar surface area (TPSA) is 68.9 Å². The molecular formula is C10H4ClF4N3O2. The van der Waals surface area contributed by atoms with E-state index in [9.17, 15) is 27.7 Å². The lowest BCUT2D eigenvalue weighted by molar-refractivity contribution is -0.383. The van der Waals surface area contributed by atoms with Crippen molar-refractivity contribution in [3.63, 3.8) is 0 Å². The first-order chi connectivity index (χ1) is 9.25. The Balaban J connectivity index is 2.75. The molecule has 0 amide bonds. The van der Waals surface area contributed by atoms with Gasteiger partial charge in [-0.15, -0.1) is 0 Å². The molecule has 1 aromatic heterocycles. The molecule has 0 radical (unpaired) electrons. The summed E-state index contributed by atoms with van der Waals surface area (Å²) in [6.07, 6.45) is -4.02. The van der Waals surface area contributed by atoms with Crippen molar-refractivity contribution in [3.05, 3.63) is 39.3 Å². The van der Waals surface area contributed by atoms with Crippen LogP contribution in [0.1, 0.15) is 5.82 Å². The summed E-state index contributed by atoms with van der Waals surface area (Å²) in [5.74, 6) is -6.08. The maximum absolute atomic E-state index is 13.2. The van der Waals surface area contributed by atoms with E-state index < -0.39 is 33.9 Å². The summed E-state index contributed by atoms with van der Waals surface area (Å²) in [6, 6.07) is 3.39. The van der Waals surface area contributed by atoms with Crippen LogP contribution in [-0.2, 0) is 5.92 Å². The number of nitrogens with zero attached hydrogens (tertiary/aromatic N) is 3. The highest BCUT2D eigenvalue weighted by Crippen LogP contribution is 2.36. The fraction of sp³-hybridized carbons (Fsp3) is 0.200. The van der Waals surface area contributed by atoms with Crippen LogP contribution in [0.25, 0.3) is 10.9 Å². The standard InChI is InChI=1S/C10H4ClF4N3O2/c11-7-6-4(2-1-3-5(6)18(19)20)16-9(17-7)10(14,15)8(12)13/h1-3,8H. The van der Waals surface area contributed by atoms with Gasteiger partial charge < -0.3 is 0 Å². The zero-order valence-corrected chi connectivity index (χ0v) is 10.1. The van der Waals surface area contributed by atoms with Gasteiger partial charge in [-0.2, -0.15) is 8.78 Å². The van der Waals surface area contributed by atoms with Gasteiger partial charge in [-0.3, -0.25) is 10.1 Å². The quantitative estimate of drug-likeness (QED) is 0.376. The van der Waals surface area contributed by atoms with Crippen molar-refractivity contribution in [1.82, 2.24) is 9.97 Å². The molecule has 0 aliphatic carbocycles. The molecule has 2 rings (SSSR count). The van der Waals surface area contributed by atoms with E-state index in [2.05, 4.69) is 9.97 Å². The molecule has 0 spiro atoms. The van der Waals surface area contributed by atoms with Crippen LogP contribution in [0.4, 0.5) is 23.2 Å². The third-order valence-corrected chi connectivity index (χ3v) is 2.70. The zero-order valence-electron chi connectivity index (χ0n) is 9.36. The second kappa shape index (κ2) is 4.82. The highest BCUT2D eigenvalue weighted by Gasteiger charge is 2.46. The van der Waals surface area contributed by atoms with Crippen LogP contribution in [0.2, 0.25) is 5.15 Å². The van der Waals surface area contributed by atoms with Crippen molar-refractivity contribution in [3.8, 4) is 0 Å². The molecule has 1 heterocycles. The van der Waals surface area contributed by atoms with Gasteiger partial charge >= 0.3 is 12.3 Å². The Morgan fingerprint density at radius 1 is 1.30 bits per heavy atom. The Morgan fingerprint density at radius 2 is 1.95 bits per heavy atom. The molecule has 0 saturated carbocycles. The van der Waals surface area contributed by atoms with Crippen molar-refractivity contribution in [2.75, 3.05) is 0 Å². The van der Waals surface area contributed by atoms with Crippen LogP contribution >= 0.6 is 11.6 Å². The number of fused-ring (bicyclic) bond motifs is 1. The van der Waals surface area contributed by atoms with Gasteiger partial charge in [0, 0.05) is 6.07 Å². The van der Waals surface area contributed by atoms with Gasteiger partial charge in [0.15, 0.2) is 0 Å². The number of halogens is 5. The lowest BCUT2D eigenvalue weighted by Crippen LogP contribution is -2.26. The summed E-state index contributed by atoms with van der Waals surface area (Å²) in [5.41, 5.74) is -0.811. The Bertz CT molecular complexity index is 696. The number of hydrogen-bond donors (Lipinski definition) is 0. The van der Waals surface area contributed by atoms with Crippen LogP contribution in [0, 0.1) is 10.1 Å². The molecule has 106 valence electrons. The van der Waals surface area contributed by atoms with E-state index in [0.717, 1.165) is 12.1 Å². The van der Waals surface area contributed by atoms with Gasteiger partial charge in [0.05, 0.1) is 10.4 Å². The summed E-state index contributed by atoms with van der Waals surface area (Å²) in [7, 11) is 0. The highest BCUT2D eigenvalue weighted by molar-refractivity contribution is 6.34. The molecule has 0 fully saturated rings. The lowest BCUT2D eigenvalue weighted by Gasteiger charge is -2.14. The number of benzene rings is 1. The van der Waals surface area contributed by atoms with E-state index >= 15 is 0 Å². The van der Waals surface area contributed by atoms with E-state index in [4.69, 9.17) is 11.6 Å². The predicted molar refractivity (Wildman–Crippen MR) is 61.1 cm³/mol. The van der Waals surface area contributed by atoms with Crippen LogP contribution in [0.15, 0.2) is 18.2 Å². The fourth-order valence-electron chi connectivity index (χ4n) is 1.52. The molecule has 5 nitrogen and oxygen atoms in total. The van der Waals surface area contributed by atoms with E-state index in [1.165, 1.54) is 6.07 Å². The number of nitro benzene ring substituents is 1. The molecule has 0 aliphatic rings. The molecule has 20 heavy (non-hydrogen) atoms.